The lowest BCUT2D eigenvalue weighted by molar-refractivity contribution is 0.416. The molecule has 1 aromatic carbocycles. The first-order valence-electron chi connectivity index (χ1n) is 4.09. The summed E-state index contributed by atoms with van der Waals surface area (Å²) in [6.07, 6.45) is 0. The minimum atomic E-state index is -3.70. The van der Waals surface area contributed by atoms with Crippen LogP contribution in [-0.2, 0) is 10.0 Å². The molecule has 0 bridgehead atoms. The molecule has 0 saturated heterocycles. The fraction of sp³-hybridized carbons (Fsp3) is 0.125. The Morgan fingerprint density at radius 3 is 2.81 bits per heavy atom. The van der Waals surface area contributed by atoms with Crippen molar-refractivity contribution in [1.29, 1.82) is 0 Å². The van der Waals surface area contributed by atoms with Gasteiger partial charge in [-0.15, -0.1) is 4.40 Å². The summed E-state index contributed by atoms with van der Waals surface area (Å²) in [4.78, 5) is 0.0388. The number of nitrogens with zero attached hydrogens (tertiary/aromatic N) is 1. The van der Waals surface area contributed by atoms with Crippen LogP contribution in [0.5, 0.6) is 5.75 Å². The summed E-state index contributed by atoms with van der Waals surface area (Å²) in [6, 6.07) is 2.83. The number of fused-ring (bicyclic) bond motifs is 1. The van der Waals surface area contributed by atoms with Gasteiger partial charge in [-0.2, -0.15) is 8.42 Å². The van der Waals surface area contributed by atoms with Crippen molar-refractivity contribution in [2.75, 3.05) is 12.4 Å². The molecule has 16 heavy (non-hydrogen) atoms. The maximum atomic E-state index is 11.7. The Balaban J connectivity index is 2.78. The van der Waals surface area contributed by atoms with Gasteiger partial charge in [0.2, 0.25) is 0 Å². The van der Waals surface area contributed by atoms with Gasteiger partial charge in [0.05, 0.1) is 12.1 Å². The Kier molecular flexibility index (Phi) is 2.85. The van der Waals surface area contributed by atoms with Crippen LogP contribution in [0.2, 0.25) is 5.02 Å². The molecule has 1 aromatic rings. The smallest absolute Gasteiger partial charge is 0.286 e. The Bertz CT molecular complexity index is 585. The molecule has 2 rings (SSSR count). The van der Waals surface area contributed by atoms with Crippen molar-refractivity contribution in [2.45, 2.75) is 4.90 Å². The number of halogens is 2. The molecule has 8 heteroatoms. The zero-order valence-corrected chi connectivity index (χ0v) is 11.1. The summed E-state index contributed by atoms with van der Waals surface area (Å²) in [7, 11) is -2.29. The average Bonchev–Trinajstić information content (AvgIpc) is 2.15. The second-order valence-corrected chi connectivity index (χ2v) is 5.67. The molecule has 5 nitrogen and oxygen atoms in total. The first kappa shape index (κ1) is 11.7. The van der Waals surface area contributed by atoms with Crippen molar-refractivity contribution in [3.05, 3.63) is 17.2 Å². The zero-order valence-electron chi connectivity index (χ0n) is 7.99. The summed E-state index contributed by atoms with van der Waals surface area (Å²) in [5.41, 5.74) is 0.289. The number of anilines is 1. The number of nitrogens with one attached hydrogen (secondary N) is 1. The van der Waals surface area contributed by atoms with Gasteiger partial charge in [0, 0.05) is 0 Å². The fourth-order valence-corrected chi connectivity index (χ4v) is 3.35. The quantitative estimate of drug-likeness (QED) is 0.804. The number of benzene rings is 1. The van der Waals surface area contributed by atoms with Crippen molar-refractivity contribution < 1.29 is 13.2 Å². The van der Waals surface area contributed by atoms with Crippen molar-refractivity contribution in [1.82, 2.24) is 0 Å². The highest BCUT2D eigenvalue weighted by atomic mass is 79.9. The van der Waals surface area contributed by atoms with E-state index in [1.807, 2.05) is 0 Å². The first-order valence-corrected chi connectivity index (χ1v) is 6.71. The van der Waals surface area contributed by atoms with Crippen LogP contribution in [-0.4, -0.2) is 20.3 Å². The van der Waals surface area contributed by atoms with Gasteiger partial charge in [-0.25, -0.2) is 0 Å². The Morgan fingerprint density at radius 2 is 2.19 bits per heavy atom. The van der Waals surface area contributed by atoms with Crippen molar-refractivity contribution in [3.63, 3.8) is 0 Å². The van der Waals surface area contributed by atoms with Crippen LogP contribution in [0.1, 0.15) is 0 Å². The largest absolute Gasteiger partial charge is 0.493 e. The summed E-state index contributed by atoms with van der Waals surface area (Å²) in [5, 5.41) is 3.08. The molecular formula is C8H6BrClN2O3S. The monoisotopic (exact) mass is 324 g/mol. The van der Waals surface area contributed by atoms with Gasteiger partial charge in [-0.1, -0.05) is 11.6 Å². The van der Waals surface area contributed by atoms with Crippen LogP contribution < -0.4 is 10.1 Å². The lowest BCUT2D eigenvalue weighted by Gasteiger charge is -2.18. The topological polar surface area (TPSA) is 67.8 Å². The van der Waals surface area contributed by atoms with Gasteiger partial charge >= 0.3 is 0 Å². The first-order chi connectivity index (χ1) is 7.45. The molecule has 0 aromatic heterocycles. The predicted molar refractivity (Wildman–Crippen MR) is 65.2 cm³/mol. The molecule has 0 fully saturated rings. The van der Waals surface area contributed by atoms with E-state index in [1.165, 1.54) is 19.2 Å². The van der Waals surface area contributed by atoms with E-state index < -0.39 is 10.0 Å². The molecule has 0 atom stereocenters. The van der Waals surface area contributed by atoms with E-state index >= 15 is 0 Å². The van der Waals surface area contributed by atoms with Crippen LogP contribution in [0.15, 0.2) is 21.4 Å². The third-order valence-electron chi connectivity index (χ3n) is 1.98. The van der Waals surface area contributed by atoms with E-state index in [-0.39, 0.29) is 21.1 Å². The number of amidine groups is 1. The van der Waals surface area contributed by atoms with Gasteiger partial charge < -0.3 is 10.1 Å². The molecule has 0 saturated carbocycles. The van der Waals surface area contributed by atoms with Crippen molar-refractivity contribution in [3.8, 4) is 5.75 Å². The van der Waals surface area contributed by atoms with Crippen molar-refractivity contribution >= 4 is 48.0 Å². The molecule has 0 amide bonds. The van der Waals surface area contributed by atoms with E-state index in [0.29, 0.717) is 5.02 Å². The third kappa shape index (κ3) is 1.79. The molecule has 1 aliphatic rings. The summed E-state index contributed by atoms with van der Waals surface area (Å²) < 4.78 is 32.0. The highest BCUT2D eigenvalue weighted by molar-refractivity contribution is 9.18. The van der Waals surface area contributed by atoms with Crippen LogP contribution in [0.4, 0.5) is 5.69 Å². The highest BCUT2D eigenvalue weighted by Gasteiger charge is 2.27. The van der Waals surface area contributed by atoms with E-state index in [2.05, 4.69) is 25.6 Å². The lowest BCUT2D eigenvalue weighted by Crippen LogP contribution is -2.17. The van der Waals surface area contributed by atoms with E-state index in [9.17, 15) is 8.42 Å². The summed E-state index contributed by atoms with van der Waals surface area (Å²) in [6.45, 7) is 0. The van der Waals surface area contributed by atoms with Crippen LogP contribution in [0, 0.1) is 0 Å². The maximum Gasteiger partial charge on any atom is 0.286 e. The average molecular weight is 326 g/mol. The van der Waals surface area contributed by atoms with Gasteiger partial charge in [-0.3, -0.25) is 0 Å². The zero-order chi connectivity index (χ0) is 11.9. The molecule has 1 aliphatic heterocycles. The maximum absolute atomic E-state index is 11.7. The van der Waals surface area contributed by atoms with E-state index in [0.717, 1.165) is 0 Å². The molecule has 0 aliphatic carbocycles. The standard InChI is InChI=1S/C8H6BrClN2O3S/c1-15-7-4(10)2-3-5-6(7)11-8(9)12-16(5,13)14/h2-3H,1H3,(H,11,12). The minimum Gasteiger partial charge on any atom is -0.493 e. The molecule has 0 spiro atoms. The minimum absolute atomic E-state index is 0.0388. The summed E-state index contributed by atoms with van der Waals surface area (Å²) >= 11 is 8.87. The van der Waals surface area contributed by atoms with Gasteiger partial charge in [0.25, 0.3) is 10.0 Å². The van der Waals surface area contributed by atoms with Crippen LogP contribution in [0.3, 0.4) is 0 Å². The second-order valence-electron chi connectivity index (χ2n) is 2.94. The van der Waals surface area contributed by atoms with Crippen molar-refractivity contribution in [2.24, 2.45) is 4.40 Å². The Hall–Kier alpha value is -0.790. The van der Waals surface area contributed by atoms with E-state index in [4.69, 9.17) is 16.3 Å². The number of hydrogen-bond acceptors (Lipinski definition) is 4. The SMILES string of the molecule is COc1c(Cl)ccc2c1NC(Br)=NS2(=O)=O. The molecule has 1 N–H and O–H groups in total. The normalized spacial score (nSPS) is 17.1. The number of sulfonamides is 1. The molecular weight excluding hydrogens is 320 g/mol. The third-order valence-corrected chi connectivity index (χ3v) is 4.21. The van der Waals surface area contributed by atoms with E-state index in [1.54, 1.807) is 0 Å². The summed E-state index contributed by atoms with van der Waals surface area (Å²) in [5.74, 6) is 0.273. The number of methoxy groups -OCH3 is 1. The molecule has 86 valence electrons. The highest BCUT2D eigenvalue weighted by Crippen LogP contribution is 2.40. The van der Waals surface area contributed by atoms with Gasteiger partial charge in [0.1, 0.15) is 10.6 Å². The number of hydrogen-bond donors (Lipinski definition) is 1. The number of rotatable bonds is 1. The molecule has 0 unspecified atom stereocenters. The molecule has 0 radical (unpaired) electrons. The Morgan fingerprint density at radius 1 is 1.50 bits per heavy atom. The lowest BCUT2D eigenvalue weighted by atomic mass is 10.3. The van der Waals surface area contributed by atoms with Gasteiger partial charge in [-0.05, 0) is 28.1 Å². The number of ether oxygens (including phenoxy) is 1. The second kappa shape index (κ2) is 3.90. The van der Waals surface area contributed by atoms with Gasteiger partial charge in [0.15, 0.2) is 10.5 Å². The Labute approximate surface area is 106 Å². The fourth-order valence-electron chi connectivity index (χ4n) is 1.35. The predicted octanol–water partition coefficient (Wildman–Crippen LogP) is 2.21. The molecule has 1 heterocycles. The van der Waals surface area contributed by atoms with Crippen LogP contribution in [0.25, 0.3) is 0 Å². The van der Waals surface area contributed by atoms with Crippen LogP contribution >= 0.6 is 27.5 Å².